The van der Waals surface area contributed by atoms with Crippen LogP contribution in [-0.4, -0.2) is 21.9 Å². The summed E-state index contributed by atoms with van der Waals surface area (Å²) in [5.74, 6) is 1.34. The molecule has 1 aliphatic carbocycles. The maximum absolute atomic E-state index is 12.1. The van der Waals surface area contributed by atoms with Gasteiger partial charge in [0, 0.05) is 11.6 Å². The molecular formula is C18H23N3O2S. The van der Waals surface area contributed by atoms with E-state index in [-0.39, 0.29) is 11.7 Å². The van der Waals surface area contributed by atoms with E-state index in [2.05, 4.69) is 22.4 Å². The van der Waals surface area contributed by atoms with Crippen LogP contribution in [0.25, 0.3) is 0 Å². The summed E-state index contributed by atoms with van der Waals surface area (Å²) in [5, 5.41) is 11.7. The predicted molar refractivity (Wildman–Crippen MR) is 95.3 cm³/mol. The Morgan fingerprint density at radius 2 is 2.04 bits per heavy atom. The molecule has 0 spiro atoms. The smallest absolute Gasteiger partial charge is 0.277 e. The molecule has 0 aliphatic heterocycles. The number of benzene rings is 1. The number of rotatable bonds is 6. The van der Waals surface area contributed by atoms with Crippen LogP contribution in [0.15, 0.2) is 33.9 Å². The molecule has 1 saturated carbocycles. The lowest BCUT2D eigenvalue weighted by Crippen LogP contribution is -2.15. The lowest BCUT2D eigenvalue weighted by atomic mass is 9.89. The first-order valence-corrected chi connectivity index (χ1v) is 9.58. The van der Waals surface area contributed by atoms with Gasteiger partial charge in [-0.05, 0) is 30.9 Å². The fraction of sp³-hybridized carbons (Fsp3) is 0.500. The molecule has 1 aromatic carbocycles. The number of hydrogen-bond acceptors (Lipinski definition) is 5. The van der Waals surface area contributed by atoms with Crippen LogP contribution in [0.2, 0.25) is 0 Å². The van der Waals surface area contributed by atoms with Crippen molar-refractivity contribution in [2.45, 2.75) is 56.6 Å². The van der Waals surface area contributed by atoms with E-state index in [0.717, 1.165) is 36.4 Å². The highest BCUT2D eigenvalue weighted by Crippen LogP contribution is 2.32. The number of thioether (sulfide) groups is 1. The SMILES string of the molecule is CCc1ccccc1NC(=O)CSc1nnc(C2CCCCC2)o1. The van der Waals surface area contributed by atoms with Crippen LogP contribution < -0.4 is 5.32 Å². The number of hydrogen-bond donors (Lipinski definition) is 1. The molecule has 1 fully saturated rings. The highest BCUT2D eigenvalue weighted by atomic mass is 32.2. The number of carbonyl (C=O) groups excluding carboxylic acids is 1. The van der Waals surface area contributed by atoms with Crippen molar-refractivity contribution < 1.29 is 9.21 Å². The van der Waals surface area contributed by atoms with Crippen molar-refractivity contribution in [3.8, 4) is 0 Å². The Kier molecular flexibility index (Phi) is 5.91. The van der Waals surface area contributed by atoms with Crippen molar-refractivity contribution in [2.75, 3.05) is 11.1 Å². The van der Waals surface area contributed by atoms with E-state index in [4.69, 9.17) is 4.42 Å². The van der Waals surface area contributed by atoms with Crippen LogP contribution in [0.5, 0.6) is 0 Å². The number of nitrogens with one attached hydrogen (secondary N) is 1. The van der Waals surface area contributed by atoms with E-state index < -0.39 is 0 Å². The standard InChI is InChI=1S/C18H23N3O2S/c1-2-13-8-6-7-11-15(13)19-16(22)12-24-18-21-20-17(23-18)14-9-4-3-5-10-14/h6-8,11,14H,2-5,9-10,12H2,1H3,(H,19,22). The van der Waals surface area contributed by atoms with Crippen molar-refractivity contribution in [1.29, 1.82) is 0 Å². The summed E-state index contributed by atoms with van der Waals surface area (Å²) in [7, 11) is 0. The third-order valence-corrected chi connectivity index (χ3v) is 5.19. The third kappa shape index (κ3) is 4.38. The number of aromatic nitrogens is 2. The largest absolute Gasteiger partial charge is 0.416 e. The Bertz CT molecular complexity index is 680. The molecule has 0 bridgehead atoms. The van der Waals surface area contributed by atoms with Crippen LogP contribution in [0.3, 0.4) is 0 Å². The fourth-order valence-electron chi connectivity index (χ4n) is 3.06. The van der Waals surface area contributed by atoms with E-state index in [1.807, 2.05) is 24.3 Å². The first kappa shape index (κ1) is 17.0. The highest BCUT2D eigenvalue weighted by Gasteiger charge is 2.21. The van der Waals surface area contributed by atoms with Crippen LogP contribution in [0, 0.1) is 0 Å². The van der Waals surface area contributed by atoms with Crippen LogP contribution >= 0.6 is 11.8 Å². The van der Waals surface area contributed by atoms with Gasteiger partial charge in [-0.25, -0.2) is 0 Å². The first-order valence-electron chi connectivity index (χ1n) is 8.60. The van der Waals surface area contributed by atoms with Crippen LogP contribution in [0.4, 0.5) is 5.69 Å². The van der Waals surface area contributed by atoms with Crippen LogP contribution in [-0.2, 0) is 11.2 Å². The van der Waals surface area contributed by atoms with E-state index in [1.54, 1.807) is 0 Å². The number of anilines is 1. The number of carbonyl (C=O) groups is 1. The van der Waals surface area contributed by atoms with E-state index >= 15 is 0 Å². The summed E-state index contributed by atoms with van der Waals surface area (Å²) in [6.07, 6.45) is 6.90. The quantitative estimate of drug-likeness (QED) is 0.785. The highest BCUT2D eigenvalue weighted by molar-refractivity contribution is 7.99. The van der Waals surface area contributed by atoms with Crippen molar-refractivity contribution in [2.24, 2.45) is 0 Å². The van der Waals surface area contributed by atoms with Gasteiger partial charge in [0.1, 0.15) is 0 Å². The minimum Gasteiger partial charge on any atom is -0.416 e. The van der Waals surface area contributed by atoms with Gasteiger partial charge in [-0.2, -0.15) is 0 Å². The van der Waals surface area contributed by atoms with Gasteiger partial charge < -0.3 is 9.73 Å². The molecule has 3 rings (SSSR count). The summed E-state index contributed by atoms with van der Waals surface area (Å²) in [5.41, 5.74) is 2.01. The van der Waals surface area contributed by atoms with E-state index in [1.165, 1.54) is 31.0 Å². The number of nitrogens with zero attached hydrogens (tertiary/aromatic N) is 2. The van der Waals surface area contributed by atoms with Gasteiger partial charge in [-0.1, -0.05) is 56.1 Å². The Labute approximate surface area is 146 Å². The summed E-state index contributed by atoms with van der Waals surface area (Å²) in [6, 6.07) is 7.86. The van der Waals surface area contributed by atoms with Crippen molar-refractivity contribution in [1.82, 2.24) is 10.2 Å². The topological polar surface area (TPSA) is 68.0 Å². The molecule has 0 radical (unpaired) electrons. The average Bonchev–Trinajstić information content (AvgIpc) is 3.10. The molecular weight excluding hydrogens is 322 g/mol. The molecule has 0 atom stereocenters. The molecule has 1 heterocycles. The minimum atomic E-state index is -0.0571. The van der Waals surface area contributed by atoms with Gasteiger partial charge in [0.2, 0.25) is 11.8 Å². The summed E-state index contributed by atoms with van der Waals surface area (Å²) in [6.45, 7) is 2.07. The molecule has 128 valence electrons. The van der Waals surface area contributed by atoms with Gasteiger partial charge in [0.25, 0.3) is 5.22 Å². The zero-order valence-corrected chi connectivity index (χ0v) is 14.8. The van der Waals surface area contributed by atoms with Crippen molar-refractivity contribution >= 4 is 23.4 Å². The minimum absolute atomic E-state index is 0.0571. The lowest BCUT2D eigenvalue weighted by molar-refractivity contribution is -0.113. The van der Waals surface area contributed by atoms with E-state index in [9.17, 15) is 4.79 Å². The molecule has 24 heavy (non-hydrogen) atoms. The molecule has 0 saturated heterocycles. The number of amides is 1. The summed E-state index contributed by atoms with van der Waals surface area (Å²) >= 11 is 1.29. The fourth-order valence-corrected chi connectivity index (χ4v) is 3.63. The average molecular weight is 345 g/mol. The summed E-state index contributed by atoms with van der Waals surface area (Å²) < 4.78 is 5.73. The molecule has 2 aromatic rings. The maximum Gasteiger partial charge on any atom is 0.277 e. The lowest BCUT2D eigenvalue weighted by Gasteiger charge is -2.17. The second-order valence-electron chi connectivity index (χ2n) is 6.09. The van der Waals surface area contributed by atoms with Crippen molar-refractivity contribution in [3.63, 3.8) is 0 Å². The van der Waals surface area contributed by atoms with Gasteiger partial charge in [0.15, 0.2) is 0 Å². The molecule has 1 aliphatic rings. The van der Waals surface area contributed by atoms with Gasteiger partial charge in [-0.3, -0.25) is 4.79 Å². The molecule has 1 N–H and O–H groups in total. The molecule has 1 aromatic heterocycles. The van der Waals surface area contributed by atoms with Gasteiger partial charge in [0.05, 0.1) is 5.75 Å². The predicted octanol–water partition coefficient (Wildman–Crippen LogP) is 4.41. The van der Waals surface area contributed by atoms with Gasteiger partial charge in [-0.15, -0.1) is 10.2 Å². The van der Waals surface area contributed by atoms with Gasteiger partial charge >= 0.3 is 0 Å². The monoisotopic (exact) mass is 345 g/mol. The maximum atomic E-state index is 12.1. The number of aryl methyl sites for hydroxylation is 1. The molecule has 5 nitrogen and oxygen atoms in total. The molecule has 1 amide bonds. The number of para-hydroxylation sites is 1. The van der Waals surface area contributed by atoms with Crippen molar-refractivity contribution in [3.05, 3.63) is 35.7 Å². The summed E-state index contributed by atoms with van der Waals surface area (Å²) in [4.78, 5) is 12.1. The zero-order chi connectivity index (χ0) is 16.8. The zero-order valence-electron chi connectivity index (χ0n) is 14.0. The Morgan fingerprint density at radius 3 is 2.83 bits per heavy atom. The normalized spacial score (nSPS) is 15.4. The first-order chi connectivity index (χ1) is 11.8. The Balaban J connectivity index is 1.52. The second-order valence-corrected chi connectivity index (χ2v) is 7.02. The Morgan fingerprint density at radius 1 is 1.25 bits per heavy atom. The second kappa shape index (κ2) is 8.33. The third-order valence-electron chi connectivity index (χ3n) is 4.38. The Hall–Kier alpha value is -1.82. The molecule has 6 heteroatoms. The molecule has 0 unspecified atom stereocenters. The van der Waals surface area contributed by atoms with Crippen LogP contribution in [0.1, 0.15) is 56.4 Å². The van der Waals surface area contributed by atoms with E-state index in [0.29, 0.717) is 11.1 Å².